The first kappa shape index (κ1) is 11.1. The van der Waals surface area contributed by atoms with Crippen LogP contribution in [0.1, 0.15) is 0 Å². The van der Waals surface area contributed by atoms with Gasteiger partial charge in [-0.2, -0.15) is 5.10 Å². The van der Waals surface area contributed by atoms with Gasteiger partial charge in [0.1, 0.15) is 4.90 Å². The fraction of sp³-hybridized carbons (Fsp3) is 0.500. The molecule has 0 aliphatic rings. The Morgan fingerprint density at radius 1 is 1.50 bits per heavy atom. The molecular weight excluding hydrogens is 210 g/mol. The van der Waals surface area contributed by atoms with Gasteiger partial charge in [0.15, 0.2) is 0 Å². The van der Waals surface area contributed by atoms with Gasteiger partial charge in [-0.3, -0.25) is 5.10 Å². The number of aromatic nitrogens is 2. The summed E-state index contributed by atoms with van der Waals surface area (Å²) in [6.45, 7) is -0.929. The molecular formula is C6H11N3O4S. The smallest absolute Gasteiger partial charge is 0.244 e. The molecule has 1 aromatic rings. The molecule has 0 unspecified atom stereocenters. The first-order chi connectivity index (χ1) is 6.60. The monoisotopic (exact) mass is 221 g/mol. The molecule has 80 valence electrons. The largest absolute Gasteiger partial charge is 0.395 e. The summed E-state index contributed by atoms with van der Waals surface area (Å²) in [6, 6.07) is -0.894. The van der Waals surface area contributed by atoms with Crippen molar-refractivity contribution < 1.29 is 18.6 Å². The van der Waals surface area contributed by atoms with Gasteiger partial charge >= 0.3 is 0 Å². The zero-order valence-electron chi connectivity index (χ0n) is 7.21. The van der Waals surface area contributed by atoms with Gasteiger partial charge in [0.05, 0.1) is 25.5 Å². The first-order valence-corrected chi connectivity index (χ1v) is 5.31. The summed E-state index contributed by atoms with van der Waals surface area (Å²) in [4.78, 5) is -0.0376. The van der Waals surface area contributed by atoms with Gasteiger partial charge in [-0.25, -0.2) is 13.1 Å². The summed E-state index contributed by atoms with van der Waals surface area (Å²) in [5, 5.41) is 23.2. The summed E-state index contributed by atoms with van der Waals surface area (Å²) in [7, 11) is -3.70. The van der Waals surface area contributed by atoms with Crippen molar-refractivity contribution in [3.05, 3.63) is 12.4 Å². The van der Waals surface area contributed by atoms with E-state index >= 15 is 0 Å². The molecule has 0 saturated carbocycles. The zero-order chi connectivity index (χ0) is 10.6. The molecule has 14 heavy (non-hydrogen) atoms. The van der Waals surface area contributed by atoms with Crippen molar-refractivity contribution in [1.29, 1.82) is 0 Å². The van der Waals surface area contributed by atoms with E-state index in [0.29, 0.717) is 0 Å². The molecule has 0 spiro atoms. The number of hydrogen-bond donors (Lipinski definition) is 4. The SMILES string of the molecule is O=S(=O)(NC(CO)CO)c1cn[nH]c1. The molecule has 0 aromatic carbocycles. The van der Waals surface area contributed by atoms with E-state index in [1.54, 1.807) is 0 Å². The lowest BCUT2D eigenvalue weighted by Crippen LogP contribution is -2.39. The summed E-state index contributed by atoms with van der Waals surface area (Å²) >= 11 is 0. The quantitative estimate of drug-likeness (QED) is 0.461. The second-order valence-corrected chi connectivity index (χ2v) is 4.33. The molecule has 0 bridgehead atoms. The molecule has 1 aromatic heterocycles. The second-order valence-electron chi connectivity index (χ2n) is 2.62. The highest BCUT2D eigenvalue weighted by Crippen LogP contribution is 2.04. The van der Waals surface area contributed by atoms with E-state index in [9.17, 15) is 8.42 Å². The Labute approximate surface area is 80.8 Å². The number of sulfonamides is 1. The number of aliphatic hydroxyl groups is 2. The van der Waals surface area contributed by atoms with Crippen LogP contribution in [-0.2, 0) is 10.0 Å². The number of aromatic amines is 1. The predicted molar refractivity (Wildman–Crippen MR) is 46.9 cm³/mol. The van der Waals surface area contributed by atoms with Crippen LogP contribution in [0.25, 0.3) is 0 Å². The number of nitrogens with zero attached hydrogens (tertiary/aromatic N) is 1. The molecule has 0 radical (unpaired) electrons. The summed E-state index contributed by atoms with van der Waals surface area (Å²) < 4.78 is 25.0. The third-order valence-corrected chi connectivity index (χ3v) is 3.03. The highest BCUT2D eigenvalue weighted by atomic mass is 32.2. The van der Waals surface area contributed by atoms with Crippen LogP contribution in [0.2, 0.25) is 0 Å². The maximum absolute atomic E-state index is 11.4. The van der Waals surface area contributed by atoms with Crippen molar-refractivity contribution in [2.75, 3.05) is 13.2 Å². The number of nitrogens with one attached hydrogen (secondary N) is 2. The van der Waals surface area contributed by atoms with Gasteiger partial charge in [0.2, 0.25) is 10.0 Å². The molecule has 4 N–H and O–H groups in total. The average molecular weight is 221 g/mol. The maximum atomic E-state index is 11.4. The van der Waals surface area contributed by atoms with E-state index < -0.39 is 29.3 Å². The van der Waals surface area contributed by atoms with Crippen LogP contribution in [0.3, 0.4) is 0 Å². The van der Waals surface area contributed by atoms with Crippen LogP contribution >= 0.6 is 0 Å². The number of H-pyrrole nitrogens is 1. The van der Waals surface area contributed by atoms with E-state index in [-0.39, 0.29) is 4.90 Å². The normalized spacial score (nSPS) is 12.2. The lowest BCUT2D eigenvalue weighted by Gasteiger charge is -2.12. The van der Waals surface area contributed by atoms with Gasteiger partial charge in [-0.1, -0.05) is 0 Å². The van der Waals surface area contributed by atoms with Crippen LogP contribution in [0.5, 0.6) is 0 Å². The van der Waals surface area contributed by atoms with E-state index in [1.165, 1.54) is 6.20 Å². The molecule has 0 amide bonds. The molecule has 0 fully saturated rings. The minimum absolute atomic E-state index is 0.0376. The minimum Gasteiger partial charge on any atom is -0.395 e. The van der Waals surface area contributed by atoms with E-state index in [1.807, 2.05) is 0 Å². The van der Waals surface area contributed by atoms with Gasteiger partial charge in [0, 0.05) is 6.20 Å². The Hall–Kier alpha value is -0.960. The van der Waals surface area contributed by atoms with Crippen molar-refractivity contribution >= 4 is 10.0 Å². The predicted octanol–water partition coefficient (Wildman–Crippen LogP) is -1.96. The highest BCUT2D eigenvalue weighted by molar-refractivity contribution is 7.89. The third-order valence-electron chi connectivity index (χ3n) is 1.55. The van der Waals surface area contributed by atoms with Gasteiger partial charge < -0.3 is 10.2 Å². The van der Waals surface area contributed by atoms with E-state index in [0.717, 1.165) is 6.20 Å². The Balaban J connectivity index is 2.77. The molecule has 0 aliphatic carbocycles. The topological polar surface area (TPSA) is 115 Å². The lowest BCUT2D eigenvalue weighted by molar-refractivity contribution is 0.185. The van der Waals surface area contributed by atoms with Crippen LogP contribution in [-0.4, -0.2) is 48.1 Å². The van der Waals surface area contributed by atoms with Crippen LogP contribution < -0.4 is 4.72 Å². The fourth-order valence-electron chi connectivity index (χ4n) is 0.806. The summed E-state index contributed by atoms with van der Waals surface area (Å²) in [5.74, 6) is 0. The zero-order valence-corrected chi connectivity index (χ0v) is 8.03. The Morgan fingerprint density at radius 3 is 2.57 bits per heavy atom. The van der Waals surface area contributed by atoms with Crippen LogP contribution in [0.15, 0.2) is 17.3 Å². The number of aliphatic hydroxyl groups excluding tert-OH is 2. The van der Waals surface area contributed by atoms with Crippen molar-refractivity contribution in [2.45, 2.75) is 10.9 Å². The molecule has 0 atom stereocenters. The molecule has 0 aliphatic heterocycles. The number of hydrogen-bond acceptors (Lipinski definition) is 5. The average Bonchev–Trinajstić information content (AvgIpc) is 2.67. The first-order valence-electron chi connectivity index (χ1n) is 3.83. The Morgan fingerprint density at radius 2 is 2.14 bits per heavy atom. The van der Waals surface area contributed by atoms with Crippen molar-refractivity contribution in [2.24, 2.45) is 0 Å². The van der Waals surface area contributed by atoms with Crippen LogP contribution in [0.4, 0.5) is 0 Å². The Bertz CT molecular complexity index is 356. The molecule has 7 nitrogen and oxygen atoms in total. The lowest BCUT2D eigenvalue weighted by atomic mass is 10.4. The van der Waals surface area contributed by atoms with Gasteiger partial charge in [-0.15, -0.1) is 0 Å². The fourth-order valence-corrected chi connectivity index (χ4v) is 1.93. The standard InChI is InChI=1S/C6H11N3O4S/c10-3-5(4-11)9-14(12,13)6-1-7-8-2-6/h1-2,5,9-11H,3-4H2,(H,7,8). The van der Waals surface area contributed by atoms with Gasteiger partial charge in [0.25, 0.3) is 0 Å². The van der Waals surface area contributed by atoms with Crippen LogP contribution in [0, 0.1) is 0 Å². The third kappa shape index (κ3) is 2.51. The summed E-state index contributed by atoms with van der Waals surface area (Å²) in [6.07, 6.45) is 2.34. The minimum atomic E-state index is -3.70. The molecule has 0 saturated heterocycles. The summed E-state index contributed by atoms with van der Waals surface area (Å²) in [5.41, 5.74) is 0. The van der Waals surface area contributed by atoms with E-state index in [4.69, 9.17) is 10.2 Å². The molecule has 1 rings (SSSR count). The Kier molecular flexibility index (Phi) is 3.58. The maximum Gasteiger partial charge on any atom is 0.244 e. The highest BCUT2D eigenvalue weighted by Gasteiger charge is 2.19. The number of rotatable bonds is 5. The second kappa shape index (κ2) is 4.51. The van der Waals surface area contributed by atoms with Crippen molar-refractivity contribution in [1.82, 2.24) is 14.9 Å². The van der Waals surface area contributed by atoms with Crippen molar-refractivity contribution in [3.63, 3.8) is 0 Å². The van der Waals surface area contributed by atoms with E-state index in [2.05, 4.69) is 14.9 Å². The van der Waals surface area contributed by atoms with Crippen molar-refractivity contribution in [3.8, 4) is 0 Å². The molecule has 1 heterocycles. The molecule has 8 heteroatoms. The van der Waals surface area contributed by atoms with Gasteiger partial charge in [-0.05, 0) is 0 Å².